The molecule has 2 nitrogen and oxygen atoms in total. The van der Waals surface area contributed by atoms with Gasteiger partial charge in [0.05, 0.1) is 6.10 Å². The third kappa shape index (κ3) is 11.0. The van der Waals surface area contributed by atoms with Gasteiger partial charge >= 0.3 is 0 Å². The Morgan fingerprint density at radius 1 is 0.944 bits per heavy atom. The lowest BCUT2D eigenvalue weighted by molar-refractivity contribution is 0.141. The quantitative estimate of drug-likeness (QED) is 0.596. The van der Waals surface area contributed by atoms with Crippen LogP contribution in [-0.2, 0) is 0 Å². The molecule has 18 heavy (non-hydrogen) atoms. The molecule has 0 aromatic rings. The Balaban J connectivity index is 3.45. The van der Waals surface area contributed by atoms with E-state index in [0.717, 1.165) is 38.8 Å². The number of rotatable bonds is 10. The van der Waals surface area contributed by atoms with Gasteiger partial charge < -0.3 is 10.0 Å². The van der Waals surface area contributed by atoms with Gasteiger partial charge in [0.25, 0.3) is 0 Å². The summed E-state index contributed by atoms with van der Waals surface area (Å²) in [5.41, 5.74) is 0.405. The summed E-state index contributed by atoms with van der Waals surface area (Å²) >= 11 is 0. The fourth-order valence-corrected chi connectivity index (χ4v) is 2.27. The highest BCUT2D eigenvalue weighted by Gasteiger charge is 2.11. The van der Waals surface area contributed by atoms with E-state index in [1.165, 1.54) is 19.4 Å². The number of unbranched alkanes of at least 4 members (excludes halogenated alkanes) is 1. The summed E-state index contributed by atoms with van der Waals surface area (Å²) in [6.07, 6.45) is 6.62. The third-order valence-electron chi connectivity index (χ3n) is 3.62. The standard InChI is InChI=1S/C16H35NO/c1-6-17(7-2)14-9-8-11-15(18)12-10-13-16(3,4)5/h15,18H,6-14H2,1-5H3/t15-/m1/s1. The molecular formula is C16H35NO. The van der Waals surface area contributed by atoms with Crippen LogP contribution in [0.15, 0.2) is 0 Å². The zero-order valence-corrected chi connectivity index (χ0v) is 13.3. The smallest absolute Gasteiger partial charge is 0.0540 e. The zero-order valence-electron chi connectivity index (χ0n) is 13.3. The molecule has 0 fully saturated rings. The highest BCUT2D eigenvalue weighted by atomic mass is 16.3. The summed E-state index contributed by atoms with van der Waals surface area (Å²) in [5, 5.41) is 9.91. The minimum absolute atomic E-state index is 0.0796. The first-order chi connectivity index (χ1) is 8.39. The van der Waals surface area contributed by atoms with E-state index in [1.807, 2.05) is 0 Å². The predicted octanol–water partition coefficient (Wildman–Crippen LogP) is 4.08. The van der Waals surface area contributed by atoms with E-state index in [4.69, 9.17) is 0 Å². The Morgan fingerprint density at radius 3 is 2.00 bits per heavy atom. The Bertz CT molecular complexity index is 182. The van der Waals surface area contributed by atoms with Crippen molar-refractivity contribution in [1.82, 2.24) is 4.90 Å². The van der Waals surface area contributed by atoms with Gasteiger partial charge in [0.1, 0.15) is 0 Å². The molecule has 0 rings (SSSR count). The van der Waals surface area contributed by atoms with Gasteiger partial charge in [0.15, 0.2) is 0 Å². The summed E-state index contributed by atoms with van der Waals surface area (Å²) in [5.74, 6) is 0. The average Bonchev–Trinajstić information content (AvgIpc) is 2.27. The van der Waals surface area contributed by atoms with Gasteiger partial charge in [-0.15, -0.1) is 0 Å². The van der Waals surface area contributed by atoms with Gasteiger partial charge in [0, 0.05) is 0 Å². The molecule has 0 saturated carbocycles. The van der Waals surface area contributed by atoms with E-state index in [0.29, 0.717) is 5.41 Å². The Labute approximate surface area is 115 Å². The monoisotopic (exact) mass is 257 g/mol. The van der Waals surface area contributed by atoms with E-state index >= 15 is 0 Å². The fraction of sp³-hybridized carbons (Fsp3) is 1.00. The second kappa shape index (κ2) is 9.80. The number of hydrogen-bond donors (Lipinski definition) is 1. The molecule has 0 aromatic heterocycles. The maximum Gasteiger partial charge on any atom is 0.0540 e. The average molecular weight is 257 g/mol. The van der Waals surface area contributed by atoms with E-state index < -0.39 is 0 Å². The Kier molecular flexibility index (Phi) is 9.76. The van der Waals surface area contributed by atoms with Crippen LogP contribution in [0, 0.1) is 5.41 Å². The molecule has 0 unspecified atom stereocenters. The second-order valence-electron chi connectivity index (χ2n) is 6.63. The van der Waals surface area contributed by atoms with Gasteiger partial charge in [-0.1, -0.05) is 41.0 Å². The summed E-state index contributed by atoms with van der Waals surface area (Å²) in [4.78, 5) is 2.45. The molecule has 0 radical (unpaired) electrons. The van der Waals surface area contributed by atoms with Crippen LogP contribution in [0.25, 0.3) is 0 Å². The summed E-state index contributed by atoms with van der Waals surface area (Å²) < 4.78 is 0. The van der Waals surface area contributed by atoms with Crippen molar-refractivity contribution in [2.24, 2.45) is 5.41 Å². The molecule has 0 spiro atoms. The minimum atomic E-state index is -0.0796. The van der Waals surface area contributed by atoms with Crippen LogP contribution < -0.4 is 0 Å². The minimum Gasteiger partial charge on any atom is -0.393 e. The molecule has 0 aromatic carbocycles. The summed E-state index contributed by atoms with van der Waals surface area (Å²) in [7, 11) is 0. The Morgan fingerprint density at radius 2 is 1.50 bits per heavy atom. The van der Waals surface area contributed by atoms with Crippen LogP contribution in [0.1, 0.15) is 73.1 Å². The van der Waals surface area contributed by atoms with E-state index in [-0.39, 0.29) is 6.10 Å². The first-order valence-corrected chi connectivity index (χ1v) is 7.79. The van der Waals surface area contributed by atoms with Crippen LogP contribution >= 0.6 is 0 Å². The molecule has 1 N–H and O–H groups in total. The van der Waals surface area contributed by atoms with Crippen molar-refractivity contribution in [2.75, 3.05) is 19.6 Å². The van der Waals surface area contributed by atoms with Gasteiger partial charge in [-0.05, 0) is 57.2 Å². The van der Waals surface area contributed by atoms with Crippen molar-refractivity contribution in [2.45, 2.75) is 79.2 Å². The summed E-state index contributed by atoms with van der Waals surface area (Å²) in [6.45, 7) is 14.7. The number of hydrogen-bond acceptors (Lipinski definition) is 2. The van der Waals surface area contributed by atoms with Crippen LogP contribution in [0.3, 0.4) is 0 Å². The molecule has 0 heterocycles. The molecule has 0 aliphatic carbocycles. The lowest BCUT2D eigenvalue weighted by Crippen LogP contribution is -2.24. The molecule has 0 aliphatic heterocycles. The first-order valence-electron chi connectivity index (χ1n) is 7.79. The van der Waals surface area contributed by atoms with E-state index in [2.05, 4.69) is 39.5 Å². The first kappa shape index (κ1) is 17.9. The SMILES string of the molecule is CCN(CC)CCCC[C@@H](O)CCCC(C)(C)C. The van der Waals surface area contributed by atoms with Crippen molar-refractivity contribution in [3.8, 4) is 0 Å². The number of aliphatic hydroxyl groups is 1. The Hall–Kier alpha value is -0.0800. The third-order valence-corrected chi connectivity index (χ3v) is 3.62. The van der Waals surface area contributed by atoms with Gasteiger partial charge in [0.2, 0.25) is 0 Å². The lowest BCUT2D eigenvalue weighted by atomic mass is 9.89. The van der Waals surface area contributed by atoms with Crippen molar-refractivity contribution < 1.29 is 5.11 Å². The normalized spacial score (nSPS) is 14.2. The molecule has 0 saturated heterocycles. The predicted molar refractivity (Wildman–Crippen MR) is 81.0 cm³/mol. The van der Waals surface area contributed by atoms with Crippen molar-refractivity contribution >= 4 is 0 Å². The fourth-order valence-electron chi connectivity index (χ4n) is 2.27. The second-order valence-corrected chi connectivity index (χ2v) is 6.63. The van der Waals surface area contributed by atoms with Gasteiger partial charge in [-0.3, -0.25) is 0 Å². The molecule has 0 aliphatic rings. The molecule has 0 amide bonds. The molecule has 110 valence electrons. The van der Waals surface area contributed by atoms with Crippen LogP contribution in [0.2, 0.25) is 0 Å². The molecular weight excluding hydrogens is 222 g/mol. The van der Waals surface area contributed by atoms with Gasteiger partial charge in [-0.25, -0.2) is 0 Å². The molecule has 1 atom stereocenters. The summed E-state index contributed by atoms with van der Waals surface area (Å²) in [6, 6.07) is 0. The van der Waals surface area contributed by atoms with Crippen molar-refractivity contribution in [1.29, 1.82) is 0 Å². The zero-order chi connectivity index (χ0) is 14.0. The maximum absolute atomic E-state index is 9.91. The largest absolute Gasteiger partial charge is 0.393 e. The highest BCUT2D eigenvalue weighted by molar-refractivity contribution is 4.64. The van der Waals surface area contributed by atoms with Crippen molar-refractivity contribution in [3.05, 3.63) is 0 Å². The van der Waals surface area contributed by atoms with Crippen LogP contribution in [0.4, 0.5) is 0 Å². The molecule has 2 heteroatoms. The highest BCUT2D eigenvalue weighted by Crippen LogP contribution is 2.22. The maximum atomic E-state index is 9.91. The number of aliphatic hydroxyl groups excluding tert-OH is 1. The lowest BCUT2D eigenvalue weighted by Gasteiger charge is -2.20. The van der Waals surface area contributed by atoms with E-state index in [1.54, 1.807) is 0 Å². The topological polar surface area (TPSA) is 23.5 Å². The molecule has 0 bridgehead atoms. The van der Waals surface area contributed by atoms with Crippen molar-refractivity contribution in [3.63, 3.8) is 0 Å². The van der Waals surface area contributed by atoms with Gasteiger partial charge in [-0.2, -0.15) is 0 Å². The van der Waals surface area contributed by atoms with Crippen LogP contribution in [0.5, 0.6) is 0 Å². The van der Waals surface area contributed by atoms with Crippen LogP contribution in [-0.4, -0.2) is 35.7 Å². The van der Waals surface area contributed by atoms with E-state index in [9.17, 15) is 5.11 Å². The number of nitrogens with zero attached hydrogens (tertiary/aromatic N) is 1.